The van der Waals surface area contributed by atoms with Gasteiger partial charge >= 0.3 is 0 Å². The van der Waals surface area contributed by atoms with Crippen molar-refractivity contribution in [3.63, 3.8) is 0 Å². The monoisotopic (exact) mass is 378 g/mol. The Balaban J connectivity index is 1.75. The minimum Gasteiger partial charge on any atom is -0.459 e. The molecule has 0 radical (unpaired) electrons. The van der Waals surface area contributed by atoms with Crippen LogP contribution in [0.2, 0.25) is 10.0 Å². The first-order chi connectivity index (χ1) is 11.5. The molecular weight excluding hydrogens is 363 g/mol. The van der Waals surface area contributed by atoms with Crippen LogP contribution in [0.1, 0.15) is 18.7 Å². The third kappa shape index (κ3) is 3.51. The molecule has 0 saturated carbocycles. The number of hydrogen-bond donors (Lipinski definition) is 1. The summed E-state index contributed by atoms with van der Waals surface area (Å²) < 4.78 is 5.92. The predicted molar refractivity (Wildman–Crippen MR) is 105 cm³/mol. The predicted octanol–water partition coefficient (Wildman–Crippen LogP) is 6.13. The standard InChI is InChI=1S/C18H16Cl2N2OS/c1-11(17-9-12-5-3-4-6-16(12)23-17)22(2)18(24)21-13-7-8-14(19)15(20)10-13/h3-11H,1-2H3,(H,21,24). The zero-order valence-corrected chi connectivity index (χ0v) is 15.5. The van der Waals surface area contributed by atoms with Crippen molar-refractivity contribution in [2.45, 2.75) is 13.0 Å². The highest BCUT2D eigenvalue weighted by molar-refractivity contribution is 7.80. The van der Waals surface area contributed by atoms with E-state index in [-0.39, 0.29) is 6.04 Å². The number of rotatable bonds is 3. The fourth-order valence-corrected chi connectivity index (χ4v) is 2.93. The van der Waals surface area contributed by atoms with Crippen LogP contribution in [0.15, 0.2) is 52.9 Å². The summed E-state index contributed by atoms with van der Waals surface area (Å²) in [6.45, 7) is 2.04. The smallest absolute Gasteiger partial charge is 0.173 e. The zero-order chi connectivity index (χ0) is 17.3. The Morgan fingerprint density at radius 1 is 1.12 bits per heavy atom. The lowest BCUT2D eigenvalue weighted by Gasteiger charge is -2.26. The molecule has 2 aromatic carbocycles. The van der Waals surface area contributed by atoms with Gasteiger partial charge < -0.3 is 14.6 Å². The number of halogens is 2. The lowest BCUT2D eigenvalue weighted by molar-refractivity contribution is 0.348. The number of fused-ring (bicyclic) bond motifs is 1. The number of furan rings is 1. The summed E-state index contributed by atoms with van der Waals surface area (Å²) in [5.74, 6) is 0.858. The Hall–Kier alpha value is -1.75. The van der Waals surface area contributed by atoms with E-state index in [4.69, 9.17) is 39.8 Å². The molecule has 0 amide bonds. The Morgan fingerprint density at radius 2 is 1.88 bits per heavy atom. The fraction of sp³-hybridized carbons (Fsp3) is 0.167. The molecule has 1 aromatic heterocycles. The summed E-state index contributed by atoms with van der Waals surface area (Å²) in [7, 11) is 1.92. The summed E-state index contributed by atoms with van der Waals surface area (Å²) >= 11 is 17.5. The maximum atomic E-state index is 6.04. The van der Waals surface area contributed by atoms with Crippen LogP contribution in [0.4, 0.5) is 5.69 Å². The van der Waals surface area contributed by atoms with Gasteiger partial charge in [0.25, 0.3) is 0 Å². The van der Waals surface area contributed by atoms with Crippen LogP contribution in [0.5, 0.6) is 0 Å². The van der Waals surface area contributed by atoms with Crippen molar-refractivity contribution in [1.82, 2.24) is 4.90 Å². The molecule has 0 spiro atoms. The van der Waals surface area contributed by atoms with Crippen molar-refractivity contribution in [2.24, 2.45) is 0 Å². The van der Waals surface area contributed by atoms with E-state index in [0.717, 1.165) is 22.4 Å². The molecule has 0 aliphatic rings. The Labute approximate surface area is 156 Å². The molecule has 6 heteroatoms. The van der Waals surface area contributed by atoms with Crippen LogP contribution in [-0.4, -0.2) is 17.1 Å². The van der Waals surface area contributed by atoms with Crippen LogP contribution in [0, 0.1) is 0 Å². The normalized spacial score (nSPS) is 12.2. The van der Waals surface area contributed by atoms with Crippen molar-refractivity contribution < 1.29 is 4.42 Å². The highest BCUT2D eigenvalue weighted by Gasteiger charge is 2.18. The Bertz CT molecular complexity index is 861. The average molecular weight is 379 g/mol. The number of hydrogen-bond acceptors (Lipinski definition) is 2. The van der Waals surface area contributed by atoms with Gasteiger partial charge in [0.2, 0.25) is 0 Å². The summed E-state index contributed by atoms with van der Waals surface area (Å²) in [6.07, 6.45) is 0. The van der Waals surface area contributed by atoms with Crippen LogP contribution in [0.3, 0.4) is 0 Å². The van der Waals surface area contributed by atoms with Crippen molar-refractivity contribution in [3.8, 4) is 0 Å². The van der Waals surface area contributed by atoms with Crippen LogP contribution in [-0.2, 0) is 0 Å². The second kappa shape index (κ2) is 7.01. The third-order valence-corrected chi connectivity index (χ3v) is 5.06. The molecule has 1 heterocycles. The first-order valence-corrected chi connectivity index (χ1v) is 8.59. The second-order valence-corrected chi connectivity index (χ2v) is 6.73. The van der Waals surface area contributed by atoms with Crippen molar-refractivity contribution >= 4 is 57.2 Å². The number of para-hydroxylation sites is 1. The largest absolute Gasteiger partial charge is 0.459 e. The van der Waals surface area contributed by atoms with Gasteiger partial charge in [0.05, 0.1) is 16.1 Å². The van der Waals surface area contributed by atoms with E-state index in [1.54, 1.807) is 12.1 Å². The molecule has 0 bridgehead atoms. The Kier molecular flexibility index (Phi) is 4.99. The number of nitrogens with one attached hydrogen (secondary N) is 1. The molecule has 3 nitrogen and oxygen atoms in total. The SMILES string of the molecule is CC(c1cc2ccccc2o1)N(C)C(=S)Nc1ccc(Cl)c(Cl)c1. The minimum atomic E-state index is -0.0137. The molecule has 1 unspecified atom stereocenters. The molecule has 3 aromatic rings. The quantitative estimate of drug-likeness (QED) is 0.554. The van der Waals surface area contributed by atoms with Gasteiger partial charge in [-0.05, 0) is 49.5 Å². The molecule has 1 N–H and O–H groups in total. The lowest BCUT2D eigenvalue weighted by atomic mass is 10.2. The minimum absolute atomic E-state index is 0.0137. The Morgan fingerprint density at radius 3 is 2.58 bits per heavy atom. The molecule has 0 saturated heterocycles. The van der Waals surface area contributed by atoms with Gasteiger partial charge in [-0.25, -0.2) is 0 Å². The van der Waals surface area contributed by atoms with Gasteiger partial charge in [-0.3, -0.25) is 0 Å². The van der Waals surface area contributed by atoms with Gasteiger partial charge in [-0.15, -0.1) is 0 Å². The fourth-order valence-electron chi connectivity index (χ4n) is 2.36. The molecule has 0 aliphatic carbocycles. The van der Waals surface area contributed by atoms with Gasteiger partial charge in [0, 0.05) is 18.1 Å². The second-order valence-electron chi connectivity index (χ2n) is 5.53. The van der Waals surface area contributed by atoms with E-state index in [1.807, 2.05) is 55.3 Å². The molecule has 0 fully saturated rings. The van der Waals surface area contributed by atoms with Crippen molar-refractivity contribution in [3.05, 3.63) is 64.3 Å². The van der Waals surface area contributed by atoms with E-state index >= 15 is 0 Å². The van der Waals surface area contributed by atoms with Crippen LogP contribution < -0.4 is 5.32 Å². The molecule has 24 heavy (non-hydrogen) atoms. The van der Waals surface area contributed by atoms with Gasteiger partial charge in [0.1, 0.15) is 11.3 Å². The van der Waals surface area contributed by atoms with E-state index < -0.39 is 0 Å². The van der Waals surface area contributed by atoms with Crippen molar-refractivity contribution in [2.75, 3.05) is 12.4 Å². The highest BCUT2D eigenvalue weighted by Crippen LogP contribution is 2.28. The molecular formula is C18H16Cl2N2OS. The van der Waals surface area contributed by atoms with Gasteiger partial charge in [0.15, 0.2) is 5.11 Å². The molecule has 1 atom stereocenters. The first kappa shape index (κ1) is 17.1. The molecule has 3 rings (SSSR count). The third-order valence-electron chi connectivity index (χ3n) is 3.93. The van der Waals surface area contributed by atoms with E-state index in [9.17, 15) is 0 Å². The van der Waals surface area contributed by atoms with Crippen LogP contribution >= 0.6 is 35.4 Å². The number of anilines is 1. The van der Waals surface area contributed by atoms with Gasteiger partial charge in [-0.2, -0.15) is 0 Å². The summed E-state index contributed by atoms with van der Waals surface area (Å²) in [6, 6.07) is 15.3. The topological polar surface area (TPSA) is 28.4 Å². The lowest BCUT2D eigenvalue weighted by Crippen LogP contribution is -2.33. The van der Waals surface area contributed by atoms with Gasteiger partial charge in [-0.1, -0.05) is 41.4 Å². The summed E-state index contributed by atoms with van der Waals surface area (Å²) in [4.78, 5) is 1.94. The highest BCUT2D eigenvalue weighted by atomic mass is 35.5. The van der Waals surface area contributed by atoms with E-state index in [2.05, 4.69) is 5.32 Å². The van der Waals surface area contributed by atoms with Crippen molar-refractivity contribution in [1.29, 1.82) is 0 Å². The number of thiocarbonyl (C=S) groups is 1. The average Bonchev–Trinajstić information content (AvgIpc) is 3.01. The first-order valence-electron chi connectivity index (χ1n) is 7.43. The maximum Gasteiger partial charge on any atom is 0.173 e. The maximum absolute atomic E-state index is 6.04. The summed E-state index contributed by atoms with van der Waals surface area (Å²) in [5.41, 5.74) is 1.66. The summed E-state index contributed by atoms with van der Waals surface area (Å²) in [5, 5.41) is 5.81. The number of benzene rings is 2. The van der Waals surface area contributed by atoms with Crippen LogP contribution in [0.25, 0.3) is 11.0 Å². The number of nitrogens with zero attached hydrogens (tertiary/aromatic N) is 1. The molecule has 0 aliphatic heterocycles. The van der Waals surface area contributed by atoms with E-state index in [0.29, 0.717) is 15.2 Å². The zero-order valence-electron chi connectivity index (χ0n) is 13.2. The van der Waals surface area contributed by atoms with E-state index in [1.165, 1.54) is 0 Å². The molecule has 124 valence electrons.